The van der Waals surface area contributed by atoms with Gasteiger partial charge in [0.25, 0.3) is 0 Å². The number of halogens is 1. The summed E-state index contributed by atoms with van der Waals surface area (Å²) in [6, 6.07) is 6.43. The molecule has 2 nitrogen and oxygen atoms in total. The summed E-state index contributed by atoms with van der Waals surface area (Å²) in [5, 5.41) is 3.90. The molecule has 0 radical (unpaired) electrons. The predicted molar refractivity (Wildman–Crippen MR) is 84.8 cm³/mol. The second kappa shape index (κ2) is 7.68. The zero-order valence-corrected chi connectivity index (χ0v) is 13.9. The molecule has 0 bridgehead atoms. The lowest BCUT2D eigenvalue weighted by molar-refractivity contribution is -0.121. The van der Waals surface area contributed by atoms with Gasteiger partial charge in [-0.2, -0.15) is 0 Å². The minimum atomic E-state index is 0.105. The molecule has 3 heteroatoms. The third kappa shape index (κ3) is 5.77. The monoisotopic (exact) mass is 325 g/mol. The third-order valence-electron chi connectivity index (χ3n) is 3.24. The lowest BCUT2D eigenvalue weighted by Gasteiger charge is -2.18. The Morgan fingerprint density at radius 2 is 1.95 bits per heavy atom. The summed E-state index contributed by atoms with van der Waals surface area (Å²) in [7, 11) is 0. The van der Waals surface area contributed by atoms with Gasteiger partial charge in [0.15, 0.2) is 0 Å². The van der Waals surface area contributed by atoms with Crippen molar-refractivity contribution in [2.24, 2.45) is 5.92 Å². The molecule has 0 heterocycles. The fraction of sp³-hybridized carbons (Fsp3) is 0.562. The normalized spacial score (nSPS) is 12.5. The molecule has 19 heavy (non-hydrogen) atoms. The van der Waals surface area contributed by atoms with E-state index in [1.165, 1.54) is 11.1 Å². The van der Waals surface area contributed by atoms with Gasteiger partial charge >= 0.3 is 0 Å². The van der Waals surface area contributed by atoms with Crippen LogP contribution < -0.4 is 5.32 Å². The second-order valence-electron chi connectivity index (χ2n) is 5.64. The van der Waals surface area contributed by atoms with Gasteiger partial charge in [0.1, 0.15) is 0 Å². The van der Waals surface area contributed by atoms with Crippen LogP contribution in [0.1, 0.15) is 37.0 Å². The largest absolute Gasteiger partial charge is 0.352 e. The summed E-state index contributed by atoms with van der Waals surface area (Å²) in [6.45, 7) is 8.51. The van der Waals surface area contributed by atoms with Gasteiger partial charge in [-0.25, -0.2) is 0 Å². The highest BCUT2D eigenvalue weighted by molar-refractivity contribution is 9.09. The first-order valence-electron chi connectivity index (χ1n) is 6.83. The van der Waals surface area contributed by atoms with Crippen LogP contribution >= 0.6 is 15.9 Å². The Hall–Kier alpha value is -0.830. The Bertz CT molecular complexity index is 429. The number of aryl methyl sites for hydroxylation is 2. The lowest BCUT2D eigenvalue weighted by atomic mass is 10.0. The molecule has 0 spiro atoms. The summed E-state index contributed by atoms with van der Waals surface area (Å²) in [5.74, 6) is 0.692. The van der Waals surface area contributed by atoms with Crippen molar-refractivity contribution >= 4 is 21.8 Å². The fourth-order valence-electron chi connectivity index (χ4n) is 2.11. The van der Waals surface area contributed by atoms with Crippen LogP contribution in [0.3, 0.4) is 0 Å². The van der Waals surface area contributed by atoms with E-state index in [1.807, 2.05) is 6.07 Å². The predicted octanol–water partition coefficient (Wildman–Crippen LogP) is 3.77. The minimum Gasteiger partial charge on any atom is -0.352 e. The van der Waals surface area contributed by atoms with E-state index in [9.17, 15) is 4.79 Å². The Kier molecular flexibility index (Phi) is 6.56. The van der Waals surface area contributed by atoms with Gasteiger partial charge in [0.05, 0.1) is 6.42 Å². The number of benzene rings is 1. The molecule has 106 valence electrons. The van der Waals surface area contributed by atoms with E-state index in [0.29, 0.717) is 12.3 Å². The number of alkyl halides is 1. The number of nitrogens with one attached hydrogen (secondary N) is 1. The minimum absolute atomic E-state index is 0.105. The summed E-state index contributed by atoms with van der Waals surface area (Å²) < 4.78 is 0. The van der Waals surface area contributed by atoms with E-state index >= 15 is 0 Å². The highest BCUT2D eigenvalue weighted by Crippen LogP contribution is 2.11. The van der Waals surface area contributed by atoms with E-state index in [4.69, 9.17) is 0 Å². The van der Waals surface area contributed by atoms with Gasteiger partial charge in [-0.05, 0) is 42.9 Å². The van der Waals surface area contributed by atoms with Crippen molar-refractivity contribution in [1.82, 2.24) is 5.32 Å². The van der Waals surface area contributed by atoms with Gasteiger partial charge in [0.2, 0.25) is 5.91 Å². The van der Waals surface area contributed by atoms with Crippen LogP contribution in [0.25, 0.3) is 0 Å². The van der Waals surface area contributed by atoms with Crippen LogP contribution in [0.5, 0.6) is 0 Å². The van der Waals surface area contributed by atoms with Crippen LogP contribution in [0.4, 0.5) is 0 Å². The Balaban J connectivity index is 2.56. The van der Waals surface area contributed by atoms with E-state index in [-0.39, 0.29) is 11.9 Å². The first kappa shape index (κ1) is 16.2. The average molecular weight is 326 g/mol. The molecular formula is C16H24BrNO. The lowest BCUT2D eigenvalue weighted by Crippen LogP contribution is -2.37. The molecule has 0 fully saturated rings. The van der Waals surface area contributed by atoms with Crippen LogP contribution in [-0.2, 0) is 11.2 Å². The summed E-state index contributed by atoms with van der Waals surface area (Å²) in [5.41, 5.74) is 3.59. The smallest absolute Gasteiger partial charge is 0.224 e. The van der Waals surface area contributed by atoms with Crippen molar-refractivity contribution < 1.29 is 4.79 Å². The molecule has 1 aromatic carbocycles. The Morgan fingerprint density at radius 3 is 2.47 bits per heavy atom. The first-order chi connectivity index (χ1) is 8.92. The molecule has 0 aliphatic carbocycles. The maximum Gasteiger partial charge on any atom is 0.224 e. The van der Waals surface area contributed by atoms with Gasteiger partial charge in [-0.3, -0.25) is 4.79 Å². The van der Waals surface area contributed by atoms with Crippen molar-refractivity contribution in [2.45, 2.75) is 46.6 Å². The quantitative estimate of drug-likeness (QED) is 0.792. The number of carbonyl (C=O) groups excluding carboxylic acids is 1. The van der Waals surface area contributed by atoms with Crippen molar-refractivity contribution in [1.29, 1.82) is 0 Å². The van der Waals surface area contributed by atoms with Gasteiger partial charge in [-0.15, -0.1) is 0 Å². The van der Waals surface area contributed by atoms with E-state index < -0.39 is 0 Å². The van der Waals surface area contributed by atoms with Crippen molar-refractivity contribution in [3.05, 3.63) is 34.9 Å². The first-order valence-corrected chi connectivity index (χ1v) is 7.96. The number of rotatable bonds is 6. The van der Waals surface area contributed by atoms with Crippen LogP contribution in [-0.4, -0.2) is 17.3 Å². The van der Waals surface area contributed by atoms with Gasteiger partial charge in [-0.1, -0.05) is 48.0 Å². The number of hydrogen-bond donors (Lipinski definition) is 1. The van der Waals surface area contributed by atoms with Crippen LogP contribution in [0, 0.1) is 19.8 Å². The van der Waals surface area contributed by atoms with E-state index in [0.717, 1.165) is 17.3 Å². The topological polar surface area (TPSA) is 29.1 Å². The highest BCUT2D eigenvalue weighted by atomic mass is 79.9. The van der Waals surface area contributed by atoms with E-state index in [2.05, 4.69) is 61.1 Å². The molecule has 0 aliphatic heterocycles. The molecule has 1 rings (SSSR count). The van der Waals surface area contributed by atoms with Crippen LogP contribution in [0.15, 0.2) is 18.2 Å². The molecular weight excluding hydrogens is 302 g/mol. The van der Waals surface area contributed by atoms with Gasteiger partial charge < -0.3 is 5.32 Å². The summed E-state index contributed by atoms with van der Waals surface area (Å²) >= 11 is 3.46. The SMILES string of the molecule is Cc1ccc(CC(=O)NC(CBr)CC(C)C)cc1C. The molecule has 1 atom stereocenters. The maximum atomic E-state index is 12.0. The second-order valence-corrected chi connectivity index (χ2v) is 6.29. The molecule has 1 N–H and O–H groups in total. The molecule has 0 saturated heterocycles. The third-order valence-corrected chi connectivity index (χ3v) is 4.02. The summed E-state index contributed by atoms with van der Waals surface area (Å²) in [4.78, 5) is 12.0. The standard InChI is InChI=1S/C16H24BrNO/c1-11(2)7-15(10-17)18-16(19)9-14-6-5-12(3)13(4)8-14/h5-6,8,11,15H,7,9-10H2,1-4H3,(H,18,19). The van der Waals surface area contributed by atoms with Crippen molar-refractivity contribution in [3.8, 4) is 0 Å². The number of carbonyl (C=O) groups is 1. The zero-order valence-electron chi connectivity index (χ0n) is 12.3. The molecule has 1 amide bonds. The molecule has 0 aromatic heterocycles. The highest BCUT2D eigenvalue weighted by Gasteiger charge is 2.13. The van der Waals surface area contributed by atoms with E-state index in [1.54, 1.807) is 0 Å². The fourth-order valence-corrected chi connectivity index (χ4v) is 2.53. The summed E-state index contributed by atoms with van der Waals surface area (Å²) in [6.07, 6.45) is 1.46. The molecule has 1 unspecified atom stereocenters. The van der Waals surface area contributed by atoms with Crippen LogP contribution in [0.2, 0.25) is 0 Å². The maximum absolute atomic E-state index is 12.0. The average Bonchev–Trinajstić information content (AvgIpc) is 2.32. The number of hydrogen-bond acceptors (Lipinski definition) is 1. The van der Waals surface area contributed by atoms with Crippen molar-refractivity contribution in [3.63, 3.8) is 0 Å². The molecule has 1 aromatic rings. The molecule has 0 aliphatic rings. The van der Waals surface area contributed by atoms with Gasteiger partial charge in [0, 0.05) is 11.4 Å². The number of amides is 1. The Morgan fingerprint density at radius 1 is 1.26 bits per heavy atom. The zero-order chi connectivity index (χ0) is 14.4. The van der Waals surface area contributed by atoms with Crippen molar-refractivity contribution in [2.75, 3.05) is 5.33 Å². The Labute approximate surface area is 125 Å². The molecule has 0 saturated carbocycles.